The van der Waals surface area contributed by atoms with Crippen LogP contribution in [-0.4, -0.2) is 72.0 Å². The van der Waals surface area contributed by atoms with Gasteiger partial charge in [-0.05, 0) is 33.7 Å². The molecule has 3 aliphatic rings. The van der Waals surface area contributed by atoms with Crippen LogP contribution in [0.3, 0.4) is 0 Å². The van der Waals surface area contributed by atoms with Gasteiger partial charge >= 0.3 is 0 Å². The average Bonchev–Trinajstić information content (AvgIpc) is 2.45. The van der Waals surface area contributed by atoms with Crippen molar-refractivity contribution in [2.24, 2.45) is 5.92 Å². The molecule has 2 saturated heterocycles. The quantitative estimate of drug-likeness (QED) is 0.738. The van der Waals surface area contributed by atoms with Crippen molar-refractivity contribution in [3.63, 3.8) is 0 Å². The van der Waals surface area contributed by atoms with Crippen LogP contribution in [0.2, 0.25) is 0 Å². The molecule has 2 aliphatic heterocycles. The highest BCUT2D eigenvalue weighted by Gasteiger charge is 2.42. The summed E-state index contributed by atoms with van der Waals surface area (Å²) in [4.78, 5) is 20.0. The van der Waals surface area contributed by atoms with E-state index in [1.54, 1.807) is 0 Å². The van der Waals surface area contributed by atoms with Crippen LogP contribution in [0.1, 0.15) is 46.0 Å². The van der Waals surface area contributed by atoms with E-state index >= 15 is 0 Å². The van der Waals surface area contributed by atoms with Crippen molar-refractivity contribution in [2.75, 3.05) is 39.8 Å². The topological polar surface area (TPSA) is 26.8 Å². The van der Waals surface area contributed by atoms with Gasteiger partial charge in [-0.15, -0.1) is 0 Å². The number of hydrogen-bond donors (Lipinski definition) is 0. The van der Waals surface area contributed by atoms with Crippen molar-refractivity contribution < 1.29 is 4.79 Å². The first-order valence-corrected chi connectivity index (χ1v) is 8.71. The minimum atomic E-state index is 0.234. The third-order valence-corrected chi connectivity index (χ3v) is 5.71. The summed E-state index contributed by atoms with van der Waals surface area (Å²) in [6.07, 6.45) is 6.05. The molecule has 0 aromatic carbocycles. The SMILES string of the molecule is CN1CC2CN(C(=O)C3CCCCC3)CCN2C(C)(C)C1. The van der Waals surface area contributed by atoms with Crippen LogP contribution in [0.5, 0.6) is 0 Å². The molecule has 3 rings (SSSR count). The Morgan fingerprint density at radius 3 is 2.48 bits per heavy atom. The van der Waals surface area contributed by atoms with Crippen molar-refractivity contribution in [3.05, 3.63) is 0 Å². The third-order valence-electron chi connectivity index (χ3n) is 5.71. The molecular weight excluding hydrogens is 262 g/mol. The fourth-order valence-electron chi connectivity index (χ4n) is 4.79. The van der Waals surface area contributed by atoms with Gasteiger partial charge in [0.05, 0.1) is 0 Å². The highest BCUT2D eigenvalue weighted by molar-refractivity contribution is 5.79. The number of likely N-dealkylation sites (N-methyl/N-ethyl adjacent to an activating group) is 1. The van der Waals surface area contributed by atoms with Crippen LogP contribution in [0.15, 0.2) is 0 Å². The van der Waals surface area contributed by atoms with Gasteiger partial charge in [-0.25, -0.2) is 0 Å². The molecule has 0 aromatic rings. The Labute approximate surface area is 129 Å². The van der Waals surface area contributed by atoms with Crippen LogP contribution >= 0.6 is 0 Å². The molecule has 0 aromatic heterocycles. The van der Waals surface area contributed by atoms with E-state index in [4.69, 9.17) is 0 Å². The molecule has 1 saturated carbocycles. The molecule has 1 aliphatic carbocycles. The number of rotatable bonds is 1. The maximum atomic E-state index is 12.8. The molecule has 0 bridgehead atoms. The van der Waals surface area contributed by atoms with E-state index in [9.17, 15) is 4.79 Å². The molecule has 4 heteroatoms. The van der Waals surface area contributed by atoms with Gasteiger partial charge in [0.2, 0.25) is 5.91 Å². The normalized spacial score (nSPS) is 32.0. The highest BCUT2D eigenvalue weighted by atomic mass is 16.2. The fraction of sp³-hybridized carbons (Fsp3) is 0.941. The van der Waals surface area contributed by atoms with Gasteiger partial charge in [0.1, 0.15) is 0 Å². The second-order valence-corrected chi connectivity index (χ2v) is 7.98. The summed E-state index contributed by atoms with van der Waals surface area (Å²) in [6, 6.07) is 0.514. The first-order chi connectivity index (χ1) is 9.97. The van der Waals surface area contributed by atoms with Gasteiger partial charge in [-0.1, -0.05) is 19.3 Å². The Balaban J connectivity index is 1.64. The Kier molecular flexibility index (Phi) is 4.28. The molecule has 4 nitrogen and oxygen atoms in total. The molecule has 0 spiro atoms. The third kappa shape index (κ3) is 3.11. The fourth-order valence-corrected chi connectivity index (χ4v) is 4.79. The summed E-state index contributed by atoms with van der Waals surface area (Å²) in [7, 11) is 2.21. The zero-order chi connectivity index (χ0) is 15.0. The first-order valence-electron chi connectivity index (χ1n) is 8.71. The van der Waals surface area contributed by atoms with Crippen molar-refractivity contribution in [1.82, 2.24) is 14.7 Å². The Bertz CT molecular complexity index is 389. The maximum Gasteiger partial charge on any atom is 0.225 e. The van der Waals surface area contributed by atoms with Gasteiger partial charge in [-0.2, -0.15) is 0 Å². The van der Waals surface area contributed by atoms with E-state index in [2.05, 4.69) is 35.6 Å². The van der Waals surface area contributed by atoms with E-state index < -0.39 is 0 Å². The Morgan fingerprint density at radius 2 is 1.76 bits per heavy atom. The Morgan fingerprint density at radius 1 is 1.05 bits per heavy atom. The molecule has 0 radical (unpaired) electrons. The zero-order valence-electron chi connectivity index (χ0n) is 14.0. The summed E-state index contributed by atoms with van der Waals surface area (Å²) < 4.78 is 0. The molecule has 3 fully saturated rings. The van der Waals surface area contributed by atoms with E-state index in [0.29, 0.717) is 17.9 Å². The number of hydrogen-bond acceptors (Lipinski definition) is 3. The first kappa shape index (κ1) is 15.3. The predicted octanol–water partition coefficient (Wildman–Crippen LogP) is 1.80. The van der Waals surface area contributed by atoms with Crippen LogP contribution in [0, 0.1) is 5.92 Å². The summed E-state index contributed by atoms with van der Waals surface area (Å²) >= 11 is 0. The lowest BCUT2D eigenvalue weighted by atomic mass is 9.87. The summed E-state index contributed by atoms with van der Waals surface area (Å²) in [6.45, 7) is 9.81. The molecule has 1 amide bonds. The largest absolute Gasteiger partial charge is 0.340 e. The molecule has 1 atom stereocenters. The number of fused-ring (bicyclic) bond motifs is 1. The average molecular weight is 293 g/mol. The van der Waals surface area contributed by atoms with Crippen molar-refractivity contribution in [3.8, 4) is 0 Å². The van der Waals surface area contributed by atoms with Gasteiger partial charge in [-0.3, -0.25) is 9.69 Å². The molecule has 0 N–H and O–H groups in total. The van der Waals surface area contributed by atoms with E-state index in [0.717, 1.165) is 45.6 Å². The van der Waals surface area contributed by atoms with Crippen LogP contribution in [0.25, 0.3) is 0 Å². The van der Waals surface area contributed by atoms with Crippen LogP contribution in [0.4, 0.5) is 0 Å². The van der Waals surface area contributed by atoms with Gasteiger partial charge in [0.25, 0.3) is 0 Å². The lowest BCUT2D eigenvalue weighted by molar-refractivity contribution is -0.143. The van der Waals surface area contributed by atoms with Gasteiger partial charge in [0.15, 0.2) is 0 Å². The minimum Gasteiger partial charge on any atom is -0.340 e. The van der Waals surface area contributed by atoms with E-state index in [-0.39, 0.29) is 5.54 Å². The molecule has 1 unspecified atom stereocenters. The molecule has 21 heavy (non-hydrogen) atoms. The van der Waals surface area contributed by atoms with Crippen molar-refractivity contribution >= 4 is 5.91 Å². The lowest BCUT2D eigenvalue weighted by Crippen LogP contribution is -2.69. The highest BCUT2D eigenvalue weighted by Crippen LogP contribution is 2.30. The number of carbonyl (C=O) groups excluding carboxylic acids is 1. The second-order valence-electron chi connectivity index (χ2n) is 7.98. The van der Waals surface area contributed by atoms with Gasteiger partial charge in [0, 0.05) is 50.2 Å². The summed E-state index contributed by atoms with van der Waals surface area (Å²) in [5, 5.41) is 0. The minimum absolute atomic E-state index is 0.234. The number of amides is 1. The van der Waals surface area contributed by atoms with Gasteiger partial charge < -0.3 is 9.80 Å². The van der Waals surface area contributed by atoms with E-state index in [1.807, 2.05) is 0 Å². The number of nitrogens with zero attached hydrogens (tertiary/aromatic N) is 3. The second kappa shape index (κ2) is 5.88. The maximum absolute atomic E-state index is 12.8. The molecular formula is C17H31N3O. The van der Waals surface area contributed by atoms with Crippen LogP contribution < -0.4 is 0 Å². The van der Waals surface area contributed by atoms with Crippen LogP contribution in [-0.2, 0) is 4.79 Å². The predicted molar refractivity (Wildman–Crippen MR) is 85.2 cm³/mol. The zero-order valence-corrected chi connectivity index (χ0v) is 14.0. The molecule has 120 valence electrons. The summed E-state index contributed by atoms with van der Waals surface area (Å²) in [5.41, 5.74) is 0.234. The monoisotopic (exact) mass is 293 g/mol. The lowest BCUT2D eigenvalue weighted by Gasteiger charge is -2.55. The van der Waals surface area contributed by atoms with Crippen molar-refractivity contribution in [1.29, 1.82) is 0 Å². The smallest absolute Gasteiger partial charge is 0.225 e. The van der Waals surface area contributed by atoms with Crippen molar-refractivity contribution in [2.45, 2.75) is 57.5 Å². The standard InChI is InChI=1S/C17H31N3O/c1-17(2)13-18(3)11-15-12-19(9-10-20(15)17)16(21)14-7-5-4-6-8-14/h14-15H,4-13H2,1-3H3. The Hall–Kier alpha value is -0.610. The summed E-state index contributed by atoms with van der Waals surface area (Å²) in [5.74, 6) is 0.764. The molecule has 2 heterocycles. The number of carbonyl (C=O) groups is 1. The van der Waals surface area contributed by atoms with E-state index in [1.165, 1.54) is 19.3 Å². The number of piperazine rings is 2.